The van der Waals surface area contributed by atoms with E-state index in [2.05, 4.69) is 12.2 Å². The second kappa shape index (κ2) is 7.49. The van der Waals surface area contributed by atoms with E-state index in [9.17, 15) is 0 Å². The molecule has 0 aromatic rings. The smallest absolute Gasteiger partial charge is 0.0507 e. The minimum absolute atomic E-state index is 0.739. The first-order chi connectivity index (χ1) is 6.86. The van der Waals surface area contributed by atoms with Crippen LogP contribution in [0.5, 0.6) is 0 Å². The molecule has 1 N–H and O–H groups in total. The van der Waals surface area contributed by atoms with Crippen molar-refractivity contribution in [1.29, 1.82) is 0 Å². The van der Waals surface area contributed by atoms with Crippen LogP contribution in [-0.2, 0) is 4.74 Å². The van der Waals surface area contributed by atoms with Crippen molar-refractivity contribution in [3.8, 4) is 0 Å². The van der Waals surface area contributed by atoms with Gasteiger partial charge in [-0.1, -0.05) is 13.3 Å². The van der Waals surface area contributed by atoms with Crippen LogP contribution in [0.15, 0.2) is 0 Å². The van der Waals surface area contributed by atoms with E-state index in [1.54, 1.807) is 0 Å². The van der Waals surface area contributed by atoms with E-state index in [4.69, 9.17) is 16.3 Å². The average Bonchev–Trinajstić information content (AvgIpc) is 2.69. The van der Waals surface area contributed by atoms with Crippen LogP contribution in [0.1, 0.15) is 26.2 Å². The molecule has 1 aliphatic rings. The lowest BCUT2D eigenvalue weighted by atomic mass is 10.0. The molecule has 84 valence electrons. The molecule has 0 aromatic heterocycles. The fourth-order valence-corrected chi connectivity index (χ4v) is 2.15. The summed E-state index contributed by atoms with van der Waals surface area (Å²) in [5, 5.41) is 3.52. The summed E-state index contributed by atoms with van der Waals surface area (Å²) >= 11 is 5.73. The predicted octanol–water partition coefficient (Wildman–Crippen LogP) is 2.27. The van der Waals surface area contributed by atoms with Crippen molar-refractivity contribution in [1.82, 2.24) is 5.32 Å². The standard InChI is InChI=1S/C11H22ClNO/c1-2-10(3-5-12)7-13-8-11-4-6-14-9-11/h10-11,13H,2-9H2,1H3. The van der Waals surface area contributed by atoms with Gasteiger partial charge in [0.2, 0.25) is 0 Å². The lowest BCUT2D eigenvalue weighted by Crippen LogP contribution is -2.28. The Morgan fingerprint density at radius 1 is 1.57 bits per heavy atom. The summed E-state index contributed by atoms with van der Waals surface area (Å²) in [6.07, 6.45) is 3.58. The highest BCUT2D eigenvalue weighted by Gasteiger charge is 2.15. The quantitative estimate of drug-likeness (QED) is 0.664. The number of hydrogen-bond acceptors (Lipinski definition) is 2. The molecule has 0 spiro atoms. The number of ether oxygens (including phenoxy) is 1. The number of halogens is 1. The Balaban J connectivity index is 2.00. The second-order valence-electron chi connectivity index (χ2n) is 4.14. The zero-order valence-corrected chi connectivity index (χ0v) is 9.85. The molecule has 0 aromatic carbocycles. The van der Waals surface area contributed by atoms with Gasteiger partial charge in [0.15, 0.2) is 0 Å². The molecular weight excluding hydrogens is 198 g/mol. The molecule has 1 saturated heterocycles. The Morgan fingerprint density at radius 2 is 2.43 bits per heavy atom. The van der Waals surface area contributed by atoms with Crippen molar-refractivity contribution in [2.45, 2.75) is 26.2 Å². The van der Waals surface area contributed by atoms with Gasteiger partial charge < -0.3 is 10.1 Å². The van der Waals surface area contributed by atoms with Gasteiger partial charge in [0.05, 0.1) is 6.61 Å². The molecule has 0 aliphatic carbocycles. The van der Waals surface area contributed by atoms with Crippen molar-refractivity contribution < 1.29 is 4.74 Å². The molecule has 1 fully saturated rings. The van der Waals surface area contributed by atoms with Gasteiger partial charge in [-0.15, -0.1) is 11.6 Å². The van der Waals surface area contributed by atoms with E-state index in [1.807, 2.05) is 0 Å². The monoisotopic (exact) mass is 219 g/mol. The highest BCUT2D eigenvalue weighted by molar-refractivity contribution is 6.17. The summed E-state index contributed by atoms with van der Waals surface area (Å²) in [4.78, 5) is 0. The van der Waals surface area contributed by atoms with Gasteiger partial charge in [-0.05, 0) is 31.2 Å². The zero-order chi connectivity index (χ0) is 10.2. The summed E-state index contributed by atoms with van der Waals surface area (Å²) in [7, 11) is 0. The molecule has 0 amide bonds. The van der Waals surface area contributed by atoms with Gasteiger partial charge in [-0.25, -0.2) is 0 Å². The van der Waals surface area contributed by atoms with E-state index in [0.29, 0.717) is 0 Å². The molecule has 0 bridgehead atoms. The van der Waals surface area contributed by atoms with Crippen molar-refractivity contribution in [3.05, 3.63) is 0 Å². The maximum absolute atomic E-state index is 5.73. The normalized spacial score (nSPS) is 24.0. The first-order valence-electron chi connectivity index (χ1n) is 5.71. The molecule has 3 heteroatoms. The third-order valence-corrected chi connectivity index (χ3v) is 3.20. The molecule has 14 heavy (non-hydrogen) atoms. The first-order valence-corrected chi connectivity index (χ1v) is 6.24. The van der Waals surface area contributed by atoms with Crippen LogP contribution in [-0.4, -0.2) is 32.2 Å². The largest absolute Gasteiger partial charge is 0.381 e. The van der Waals surface area contributed by atoms with Crippen LogP contribution in [0.25, 0.3) is 0 Å². The molecule has 0 radical (unpaired) electrons. The van der Waals surface area contributed by atoms with E-state index < -0.39 is 0 Å². The van der Waals surface area contributed by atoms with Gasteiger partial charge in [0.25, 0.3) is 0 Å². The maximum Gasteiger partial charge on any atom is 0.0507 e. The molecular formula is C11H22ClNO. The van der Waals surface area contributed by atoms with Crippen molar-refractivity contribution in [2.75, 3.05) is 32.2 Å². The Morgan fingerprint density at radius 3 is 3.00 bits per heavy atom. The predicted molar refractivity (Wildman–Crippen MR) is 60.9 cm³/mol. The van der Waals surface area contributed by atoms with Crippen molar-refractivity contribution in [2.24, 2.45) is 11.8 Å². The van der Waals surface area contributed by atoms with Crippen LogP contribution in [0.4, 0.5) is 0 Å². The third kappa shape index (κ3) is 4.63. The summed E-state index contributed by atoms with van der Waals surface area (Å²) in [6, 6.07) is 0. The second-order valence-corrected chi connectivity index (χ2v) is 4.52. The van der Waals surface area contributed by atoms with Gasteiger partial charge in [-0.3, -0.25) is 0 Å². The summed E-state index contributed by atoms with van der Waals surface area (Å²) < 4.78 is 5.33. The number of rotatable bonds is 7. The Labute approximate surface area is 92.3 Å². The summed E-state index contributed by atoms with van der Waals surface area (Å²) in [6.45, 7) is 6.35. The molecule has 2 unspecified atom stereocenters. The van der Waals surface area contributed by atoms with Crippen LogP contribution in [0.2, 0.25) is 0 Å². The van der Waals surface area contributed by atoms with Gasteiger partial charge >= 0.3 is 0 Å². The lowest BCUT2D eigenvalue weighted by Gasteiger charge is -2.15. The first kappa shape index (κ1) is 12.3. The molecule has 1 aliphatic heterocycles. The molecule has 1 heterocycles. The molecule has 2 nitrogen and oxygen atoms in total. The highest BCUT2D eigenvalue weighted by atomic mass is 35.5. The minimum atomic E-state index is 0.739. The van der Waals surface area contributed by atoms with Crippen LogP contribution >= 0.6 is 11.6 Å². The average molecular weight is 220 g/mol. The fraction of sp³-hybridized carbons (Fsp3) is 1.00. The number of nitrogens with one attached hydrogen (secondary N) is 1. The summed E-state index contributed by atoms with van der Waals surface area (Å²) in [5.74, 6) is 2.27. The molecule has 2 atom stereocenters. The SMILES string of the molecule is CCC(CCCl)CNCC1CCOC1. The van der Waals surface area contributed by atoms with Crippen LogP contribution in [0.3, 0.4) is 0 Å². The van der Waals surface area contributed by atoms with Gasteiger partial charge in [-0.2, -0.15) is 0 Å². The Hall–Kier alpha value is 0.210. The maximum atomic E-state index is 5.73. The van der Waals surface area contributed by atoms with Gasteiger partial charge in [0.1, 0.15) is 0 Å². The van der Waals surface area contributed by atoms with Crippen LogP contribution < -0.4 is 5.32 Å². The van der Waals surface area contributed by atoms with Crippen molar-refractivity contribution >= 4 is 11.6 Å². The lowest BCUT2D eigenvalue weighted by molar-refractivity contribution is 0.185. The highest BCUT2D eigenvalue weighted by Crippen LogP contribution is 2.12. The topological polar surface area (TPSA) is 21.3 Å². The Kier molecular flexibility index (Phi) is 6.57. The minimum Gasteiger partial charge on any atom is -0.381 e. The molecule has 1 rings (SSSR count). The Bertz CT molecular complexity index is 137. The van der Waals surface area contributed by atoms with Gasteiger partial charge in [0, 0.05) is 19.0 Å². The van der Waals surface area contributed by atoms with Crippen LogP contribution in [0, 0.1) is 11.8 Å². The zero-order valence-electron chi connectivity index (χ0n) is 9.10. The van der Waals surface area contributed by atoms with E-state index in [-0.39, 0.29) is 0 Å². The third-order valence-electron chi connectivity index (χ3n) is 2.98. The van der Waals surface area contributed by atoms with E-state index >= 15 is 0 Å². The number of alkyl halides is 1. The van der Waals surface area contributed by atoms with E-state index in [0.717, 1.165) is 50.4 Å². The molecule has 0 saturated carbocycles. The van der Waals surface area contributed by atoms with Crippen molar-refractivity contribution in [3.63, 3.8) is 0 Å². The van der Waals surface area contributed by atoms with E-state index in [1.165, 1.54) is 12.8 Å². The summed E-state index contributed by atoms with van der Waals surface area (Å²) in [5.41, 5.74) is 0. The number of hydrogen-bond donors (Lipinski definition) is 1. The fourth-order valence-electron chi connectivity index (χ4n) is 1.84.